The van der Waals surface area contributed by atoms with Gasteiger partial charge in [0.25, 0.3) is 0 Å². The van der Waals surface area contributed by atoms with E-state index >= 15 is 0 Å². The average Bonchev–Trinajstić information content (AvgIpc) is 3.26. The number of hydrazone groups is 1. The zero-order valence-electron chi connectivity index (χ0n) is 12.0. The second-order valence-electron chi connectivity index (χ2n) is 5.18. The van der Waals surface area contributed by atoms with Crippen LogP contribution in [0.25, 0.3) is 0 Å². The second kappa shape index (κ2) is 5.73. The minimum absolute atomic E-state index is 0.249. The van der Waals surface area contributed by atoms with Gasteiger partial charge in [-0.05, 0) is 35.7 Å². The van der Waals surface area contributed by atoms with E-state index in [1.54, 1.807) is 11.3 Å². The number of anilines is 1. The Bertz CT molecular complexity index is 767. The minimum Gasteiger partial charge on any atom is -0.257 e. The molecule has 1 unspecified atom stereocenters. The SMILES string of the molecule is c1ccc(N2N=C(c3ccccn3)CC2c2cccs2)cc1. The van der Waals surface area contributed by atoms with E-state index in [2.05, 4.69) is 51.8 Å². The molecule has 1 aliphatic rings. The summed E-state index contributed by atoms with van der Waals surface area (Å²) in [7, 11) is 0. The number of aromatic nitrogens is 1. The van der Waals surface area contributed by atoms with E-state index in [9.17, 15) is 0 Å². The molecule has 0 saturated carbocycles. The fourth-order valence-corrected chi connectivity index (χ4v) is 3.53. The van der Waals surface area contributed by atoms with E-state index in [0.717, 1.165) is 23.5 Å². The van der Waals surface area contributed by atoms with Crippen LogP contribution in [0.4, 0.5) is 5.69 Å². The molecule has 22 heavy (non-hydrogen) atoms. The summed E-state index contributed by atoms with van der Waals surface area (Å²) in [5, 5.41) is 9.10. The lowest BCUT2D eigenvalue weighted by molar-refractivity contribution is 0.722. The molecule has 3 aromatic rings. The molecule has 3 nitrogen and oxygen atoms in total. The van der Waals surface area contributed by atoms with Gasteiger partial charge in [0.1, 0.15) is 0 Å². The molecule has 4 rings (SSSR count). The van der Waals surface area contributed by atoms with Gasteiger partial charge < -0.3 is 0 Å². The Hall–Kier alpha value is -2.46. The number of thiophene rings is 1. The molecule has 108 valence electrons. The normalized spacial score (nSPS) is 17.5. The third-order valence-corrected chi connectivity index (χ3v) is 4.74. The molecule has 0 amide bonds. The van der Waals surface area contributed by atoms with E-state index in [1.807, 2.05) is 30.5 Å². The second-order valence-corrected chi connectivity index (χ2v) is 6.16. The molecule has 0 spiro atoms. The summed E-state index contributed by atoms with van der Waals surface area (Å²) in [6.07, 6.45) is 2.70. The van der Waals surface area contributed by atoms with Gasteiger partial charge in [-0.2, -0.15) is 5.10 Å². The lowest BCUT2D eigenvalue weighted by Crippen LogP contribution is -2.17. The topological polar surface area (TPSA) is 28.5 Å². The monoisotopic (exact) mass is 305 g/mol. The van der Waals surface area contributed by atoms with Gasteiger partial charge in [0.05, 0.1) is 23.1 Å². The molecule has 4 heteroatoms. The van der Waals surface area contributed by atoms with Crippen molar-refractivity contribution in [1.29, 1.82) is 0 Å². The number of nitrogens with zero attached hydrogens (tertiary/aromatic N) is 3. The first kappa shape index (κ1) is 13.2. The minimum atomic E-state index is 0.249. The number of hydrogen-bond donors (Lipinski definition) is 0. The summed E-state index contributed by atoms with van der Waals surface area (Å²) >= 11 is 1.78. The Balaban J connectivity index is 1.75. The van der Waals surface area contributed by atoms with Crippen molar-refractivity contribution in [2.24, 2.45) is 5.10 Å². The Morgan fingerprint density at radius 1 is 0.955 bits per heavy atom. The summed E-state index contributed by atoms with van der Waals surface area (Å²) in [6.45, 7) is 0. The first-order chi connectivity index (χ1) is 10.9. The van der Waals surface area contributed by atoms with E-state index in [4.69, 9.17) is 5.10 Å². The van der Waals surface area contributed by atoms with Crippen molar-refractivity contribution in [3.63, 3.8) is 0 Å². The smallest absolute Gasteiger partial charge is 0.0924 e. The van der Waals surface area contributed by atoms with Crippen molar-refractivity contribution in [2.75, 3.05) is 5.01 Å². The molecule has 0 aliphatic carbocycles. The molecule has 1 aliphatic heterocycles. The van der Waals surface area contributed by atoms with Crippen molar-refractivity contribution in [2.45, 2.75) is 12.5 Å². The lowest BCUT2D eigenvalue weighted by atomic mass is 10.1. The molecule has 1 atom stereocenters. The zero-order chi connectivity index (χ0) is 14.8. The van der Waals surface area contributed by atoms with Crippen LogP contribution < -0.4 is 5.01 Å². The molecule has 1 aromatic carbocycles. The van der Waals surface area contributed by atoms with Crippen LogP contribution in [0, 0.1) is 0 Å². The maximum atomic E-state index is 4.86. The Morgan fingerprint density at radius 2 is 1.82 bits per heavy atom. The standard InChI is InChI=1S/C18H15N3S/c1-2-7-14(8-3-1)21-17(18-10-6-12-22-18)13-16(20-21)15-9-4-5-11-19-15/h1-12,17H,13H2. The predicted octanol–water partition coefficient (Wildman–Crippen LogP) is 4.50. The van der Waals surface area contributed by atoms with Gasteiger partial charge in [-0.3, -0.25) is 9.99 Å². The number of pyridine rings is 1. The Morgan fingerprint density at radius 3 is 2.55 bits per heavy atom. The first-order valence-electron chi connectivity index (χ1n) is 7.28. The van der Waals surface area contributed by atoms with Gasteiger partial charge in [-0.15, -0.1) is 11.3 Å². The van der Waals surface area contributed by atoms with Crippen LogP contribution in [-0.4, -0.2) is 10.7 Å². The van der Waals surface area contributed by atoms with Crippen LogP contribution in [0.3, 0.4) is 0 Å². The summed E-state index contributed by atoms with van der Waals surface area (Å²) in [5.41, 5.74) is 3.12. The van der Waals surface area contributed by atoms with E-state index in [1.165, 1.54) is 4.88 Å². The van der Waals surface area contributed by atoms with E-state index in [-0.39, 0.29) is 6.04 Å². The van der Waals surface area contributed by atoms with Crippen LogP contribution in [-0.2, 0) is 0 Å². The summed E-state index contributed by atoms with van der Waals surface area (Å²) in [4.78, 5) is 5.78. The highest BCUT2D eigenvalue weighted by Crippen LogP contribution is 2.37. The molecule has 0 fully saturated rings. The van der Waals surface area contributed by atoms with Gasteiger partial charge in [-0.25, -0.2) is 0 Å². The van der Waals surface area contributed by atoms with Crippen molar-refractivity contribution < 1.29 is 0 Å². The van der Waals surface area contributed by atoms with Crippen LogP contribution >= 0.6 is 11.3 Å². The molecular formula is C18H15N3S. The molecule has 2 aromatic heterocycles. The maximum Gasteiger partial charge on any atom is 0.0924 e. The number of para-hydroxylation sites is 1. The van der Waals surface area contributed by atoms with Crippen molar-refractivity contribution in [3.05, 3.63) is 82.8 Å². The van der Waals surface area contributed by atoms with E-state index < -0.39 is 0 Å². The van der Waals surface area contributed by atoms with Crippen LogP contribution in [0.5, 0.6) is 0 Å². The van der Waals surface area contributed by atoms with Gasteiger partial charge in [0.2, 0.25) is 0 Å². The molecule has 0 radical (unpaired) electrons. The number of rotatable bonds is 3. The highest BCUT2D eigenvalue weighted by atomic mass is 32.1. The van der Waals surface area contributed by atoms with Crippen LogP contribution in [0.2, 0.25) is 0 Å². The highest BCUT2D eigenvalue weighted by Gasteiger charge is 2.30. The zero-order valence-corrected chi connectivity index (χ0v) is 12.8. The highest BCUT2D eigenvalue weighted by molar-refractivity contribution is 7.10. The Labute approximate surface area is 133 Å². The lowest BCUT2D eigenvalue weighted by Gasteiger charge is -2.22. The van der Waals surface area contributed by atoms with Gasteiger partial charge in [0, 0.05) is 17.5 Å². The third-order valence-electron chi connectivity index (χ3n) is 3.76. The fourth-order valence-electron chi connectivity index (χ4n) is 2.72. The van der Waals surface area contributed by atoms with E-state index in [0.29, 0.717) is 0 Å². The predicted molar refractivity (Wildman–Crippen MR) is 91.4 cm³/mol. The molecular weight excluding hydrogens is 290 g/mol. The molecule has 3 heterocycles. The number of benzene rings is 1. The average molecular weight is 305 g/mol. The first-order valence-corrected chi connectivity index (χ1v) is 8.16. The largest absolute Gasteiger partial charge is 0.257 e. The Kier molecular flexibility index (Phi) is 3.45. The van der Waals surface area contributed by atoms with Gasteiger partial charge in [-0.1, -0.05) is 30.3 Å². The van der Waals surface area contributed by atoms with Crippen LogP contribution in [0.1, 0.15) is 23.0 Å². The third kappa shape index (κ3) is 2.42. The summed E-state index contributed by atoms with van der Waals surface area (Å²) in [5.74, 6) is 0. The van der Waals surface area contributed by atoms with Crippen molar-refractivity contribution in [1.82, 2.24) is 4.98 Å². The quantitative estimate of drug-likeness (QED) is 0.713. The van der Waals surface area contributed by atoms with Gasteiger partial charge >= 0.3 is 0 Å². The number of hydrogen-bond acceptors (Lipinski definition) is 4. The molecule has 0 bridgehead atoms. The van der Waals surface area contributed by atoms with Crippen molar-refractivity contribution >= 4 is 22.7 Å². The summed E-state index contributed by atoms with van der Waals surface area (Å²) < 4.78 is 0. The molecule has 0 saturated heterocycles. The van der Waals surface area contributed by atoms with Gasteiger partial charge in [0.15, 0.2) is 0 Å². The molecule has 0 N–H and O–H groups in total. The summed E-state index contributed by atoms with van der Waals surface area (Å²) in [6, 6.07) is 20.8. The maximum absolute atomic E-state index is 4.86. The van der Waals surface area contributed by atoms with Crippen LogP contribution in [0.15, 0.2) is 77.3 Å². The van der Waals surface area contributed by atoms with Crippen molar-refractivity contribution in [3.8, 4) is 0 Å². The fraction of sp³-hybridized carbons (Fsp3) is 0.111.